The maximum Gasteiger partial charge on any atom is 0.235 e. The Morgan fingerprint density at radius 1 is 0.636 bits per heavy atom. The van der Waals surface area contributed by atoms with Crippen molar-refractivity contribution in [2.75, 3.05) is 23.9 Å². The maximum atomic E-state index is 4.89. The largest absolute Gasteiger partial charge is 0.313 e. The van der Waals surface area contributed by atoms with Gasteiger partial charge < -0.3 is 14.8 Å². The number of hydrogen-bond acceptors (Lipinski definition) is 6. The summed E-state index contributed by atoms with van der Waals surface area (Å²) in [5.41, 5.74) is 7.58. The van der Waals surface area contributed by atoms with Gasteiger partial charge >= 0.3 is 0 Å². The molecule has 6 nitrogen and oxygen atoms in total. The zero-order valence-corrected chi connectivity index (χ0v) is 29.1. The van der Waals surface area contributed by atoms with Gasteiger partial charge in [0.05, 0.1) is 0 Å². The van der Waals surface area contributed by atoms with Gasteiger partial charge in [-0.1, -0.05) is 90.1 Å². The minimum absolute atomic E-state index is 0. The van der Waals surface area contributed by atoms with Crippen molar-refractivity contribution in [2.45, 2.75) is 52.4 Å². The molecule has 0 N–H and O–H groups in total. The van der Waals surface area contributed by atoms with Gasteiger partial charge in [-0.3, -0.25) is 0 Å². The molecular formula is C37H39IrN6-. The Hall–Kier alpha value is -3.93. The van der Waals surface area contributed by atoms with E-state index in [2.05, 4.69) is 59.7 Å². The van der Waals surface area contributed by atoms with Crippen molar-refractivity contribution in [3.63, 3.8) is 0 Å². The number of para-hydroxylation sites is 2. The maximum absolute atomic E-state index is 4.89. The molecule has 5 aromatic rings. The van der Waals surface area contributed by atoms with E-state index in [4.69, 9.17) is 19.9 Å². The summed E-state index contributed by atoms with van der Waals surface area (Å²) in [6.45, 7) is 14.2. The zero-order valence-electron chi connectivity index (χ0n) is 26.7. The number of fused-ring (bicyclic) bond motifs is 1. The second-order valence-electron chi connectivity index (χ2n) is 13.0. The molecule has 1 radical (unpaired) electrons. The third-order valence-corrected chi connectivity index (χ3v) is 10.2. The SMILES string of the molecule is CN(c1ccccc1)c1nc(-c2ccc(-c3[c-]cc4c(c3)C(C)(C)C(C)(C)C4(C)C)nc2)nc(N(C)c2ccccc2)n1.[Ir]. The molecule has 3 aromatic carbocycles. The van der Waals surface area contributed by atoms with E-state index in [1.165, 1.54) is 11.1 Å². The van der Waals surface area contributed by atoms with E-state index in [0.717, 1.165) is 28.2 Å². The van der Waals surface area contributed by atoms with Crippen LogP contribution in [0.3, 0.4) is 0 Å². The van der Waals surface area contributed by atoms with Crippen LogP contribution < -0.4 is 9.80 Å². The summed E-state index contributed by atoms with van der Waals surface area (Å²) in [6, 6.07) is 32.3. The van der Waals surface area contributed by atoms with Crippen molar-refractivity contribution >= 4 is 23.3 Å². The van der Waals surface area contributed by atoms with Crippen LogP contribution in [0.15, 0.2) is 91.1 Å². The van der Waals surface area contributed by atoms with E-state index < -0.39 is 0 Å². The van der Waals surface area contributed by atoms with Crippen LogP contribution in [0.5, 0.6) is 0 Å². The Morgan fingerprint density at radius 3 is 1.66 bits per heavy atom. The van der Waals surface area contributed by atoms with Crippen molar-refractivity contribution in [3.8, 4) is 22.6 Å². The minimum atomic E-state index is 0. The number of hydrogen-bond donors (Lipinski definition) is 0. The van der Waals surface area contributed by atoms with Crippen LogP contribution in [-0.4, -0.2) is 34.0 Å². The van der Waals surface area contributed by atoms with Crippen LogP contribution in [0.25, 0.3) is 22.6 Å². The smallest absolute Gasteiger partial charge is 0.235 e. The van der Waals surface area contributed by atoms with Crippen LogP contribution in [-0.2, 0) is 30.9 Å². The molecule has 1 aliphatic carbocycles. The van der Waals surface area contributed by atoms with Gasteiger partial charge in [-0.25, -0.2) is 0 Å². The average Bonchev–Trinajstić information content (AvgIpc) is 3.14. The molecule has 0 saturated carbocycles. The van der Waals surface area contributed by atoms with Gasteiger partial charge in [-0.05, 0) is 46.2 Å². The summed E-state index contributed by atoms with van der Waals surface area (Å²) < 4.78 is 0. The van der Waals surface area contributed by atoms with E-state index >= 15 is 0 Å². The molecule has 0 saturated heterocycles. The first kappa shape index (κ1) is 31.5. The molecule has 7 heteroatoms. The quantitative estimate of drug-likeness (QED) is 0.162. The first-order valence-electron chi connectivity index (χ1n) is 14.8. The minimum Gasteiger partial charge on any atom is -0.313 e. The monoisotopic (exact) mass is 760 g/mol. The topological polar surface area (TPSA) is 58.0 Å². The van der Waals surface area contributed by atoms with Crippen LogP contribution in [0.4, 0.5) is 23.3 Å². The first-order chi connectivity index (χ1) is 20.4. The molecule has 0 amide bonds. The summed E-state index contributed by atoms with van der Waals surface area (Å²) in [5, 5.41) is 0. The van der Waals surface area contributed by atoms with E-state index in [1.54, 1.807) is 0 Å². The van der Waals surface area contributed by atoms with E-state index in [9.17, 15) is 0 Å². The van der Waals surface area contributed by atoms with Crippen molar-refractivity contribution < 1.29 is 20.1 Å². The third kappa shape index (κ3) is 5.12. The van der Waals surface area contributed by atoms with E-state index in [1.807, 2.05) is 103 Å². The molecule has 6 rings (SSSR count). The number of benzene rings is 3. The molecule has 0 fully saturated rings. The van der Waals surface area contributed by atoms with Gasteiger partial charge in [-0.2, -0.15) is 15.0 Å². The van der Waals surface area contributed by atoms with Gasteiger partial charge in [0.2, 0.25) is 11.9 Å². The third-order valence-electron chi connectivity index (χ3n) is 10.2. The van der Waals surface area contributed by atoms with E-state index in [-0.39, 0.29) is 36.4 Å². The first-order valence-corrected chi connectivity index (χ1v) is 14.8. The van der Waals surface area contributed by atoms with Gasteiger partial charge in [0.1, 0.15) is 0 Å². The molecular weight excluding hydrogens is 721 g/mol. The predicted octanol–water partition coefficient (Wildman–Crippen LogP) is 8.53. The Bertz CT molecular complexity index is 1700. The van der Waals surface area contributed by atoms with Crippen molar-refractivity contribution in [2.24, 2.45) is 5.41 Å². The van der Waals surface area contributed by atoms with Crippen LogP contribution in [0.2, 0.25) is 0 Å². The molecule has 44 heavy (non-hydrogen) atoms. The van der Waals surface area contributed by atoms with Crippen LogP contribution in [0, 0.1) is 11.5 Å². The summed E-state index contributed by atoms with van der Waals surface area (Å²) in [4.78, 5) is 23.4. The number of pyridine rings is 1. The van der Waals surface area contributed by atoms with Gasteiger partial charge in [-0.15, -0.1) is 34.9 Å². The number of rotatable bonds is 6. The fraction of sp³-hybridized carbons (Fsp3) is 0.297. The Labute approximate surface area is 275 Å². The van der Waals surface area contributed by atoms with Gasteiger partial charge in [0.15, 0.2) is 5.82 Å². The van der Waals surface area contributed by atoms with E-state index in [0.29, 0.717) is 17.7 Å². The zero-order chi connectivity index (χ0) is 30.6. The fourth-order valence-corrected chi connectivity index (χ4v) is 6.13. The Kier molecular flexibility index (Phi) is 8.25. The summed E-state index contributed by atoms with van der Waals surface area (Å²) in [7, 11) is 3.94. The number of nitrogens with zero attached hydrogens (tertiary/aromatic N) is 6. The molecule has 2 aromatic heterocycles. The molecule has 227 valence electrons. The molecule has 1 aliphatic rings. The standard InChI is InChI=1S/C37H39N6.Ir/c1-35(2)29-21-19-25(23-30(29)36(3,4)37(35,5)6)31-22-20-26(24-38-31)32-39-33(42(7)27-15-11-9-12-16-27)41-34(40-32)43(8)28-17-13-10-14-18-28;/h9-18,20-24H,1-8H3;/q-1;. The average molecular weight is 760 g/mol. The van der Waals surface area contributed by atoms with Crippen LogP contribution >= 0.6 is 0 Å². The molecule has 0 spiro atoms. The molecule has 0 atom stereocenters. The summed E-state index contributed by atoms with van der Waals surface area (Å²) in [5.74, 6) is 1.67. The molecule has 0 aliphatic heterocycles. The second-order valence-corrected chi connectivity index (χ2v) is 13.0. The van der Waals surface area contributed by atoms with Gasteiger partial charge in [0.25, 0.3) is 0 Å². The predicted molar refractivity (Wildman–Crippen MR) is 176 cm³/mol. The Balaban J connectivity index is 0.00000384. The Morgan fingerprint density at radius 2 is 1.16 bits per heavy atom. The van der Waals surface area contributed by atoms with Crippen molar-refractivity contribution in [1.82, 2.24) is 19.9 Å². The molecule has 0 bridgehead atoms. The molecule has 2 heterocycles. The molecule has 0 unspecified atom stereocenters. The summed E-state index contributed by atoms with van der Waals surface area (Å²) >= 11 is 0. The van der Waals surface area contributed by atoms with Crippen LogP contribution in [0.1, 0.15) is 52.7 Å². The van der Waals surface area contributed by atoms with Crippen molar-refractivity contribution in [1.29, 1.82) is 0 Å². The normalized spacial score (nSPS) is 15.6. The summed E-state index contributed by atoms with van der Waals surface area (Å²) in [6.07, 6.45) is 1.85. The fourth-order valence-electron chi connectivity index (χ4n) is 6.13. The second kappa shape index (κ2) is 11.5. The van der Waals surface area contributed by atoms with Gasteiger partial charge in [0, 0.05) is 57.3 Å². The number of aromatic nitrogens is 4. The number of anilines is 4. The van der Waals surface area contributed by atoms with Crippen molar-refractivity contribution in [3.05, 3.63) is 108 Å².